The summed E-state index contributed by atoms with van der Waals surface area (Å²) in [4.78, 5) is 17.8. The highest BCUT2D eigenvalue weighted by Gasteiger charge is 2.28. The van der Waals surface area contributed by atoms with Gasteiger partial charge < -0.3 is 15.0 Å². The highest BCUT2D eigenvalue weighted by molar-refractivity contribution is 5.75. The van der Waals surface area contributed by atoms with Crippen LogP contribution in [0.1, 0.15) is 5.82 Å². The van der Waals surface area contributed by atoms with E-state index in [4.69, 9.17) is 10.5 Å². The van der Waals surface area contributed by atoms with Gasteiger partial charge in [-0.25, -0.2) is 4.98 Å². The van der Waals surface area contributed by atoms with E-state index in [1.807, 2.05) is 11.1 Å². The topological polar surface area (TPSA) is 73.4 Å². The number of carbonyl (C=O) groups is 1. The van der Waals surface area contributed by atoms with Gasteiger partial charge in [0.15, 0.2) is 0 Å². The highest BCUT2D eigenvalue weighted by Crippen LogP contribution is 2.13. The SMILES string of the molecule is COC(=O)C(CN)N1CCn2ccnc2C1. The normalized spacial score (nSPS) is 17.9. The van der Waals surface area contributed by atoms with Gasteiger partial charge in [0, 0.05) is 32.0 Å². The molecule has 0 aromatic carbocycles. The molecule has 2 rings (SSSR count). The zero-order valence-corrected chi connectivity index (χ0v) is 9.30. The van der Waals surface area contributed by atoms with Crippen molar-refractivity contribution in [2.24, 2.45) is 5.73 Å². The number of nitrogens with zero attached hydrogens (tertiary/aromatic N) is 3. The average molecular weight is 224 g/mol. The second-order valence-electron chi connectivity index (χ2n) is 3.78. The first-order valence-electron chi connectivity index (χ1n) is 5.28. The second-order valence-corrected chi connectivity index (χ2v) is 3.78. The Morgan fingerprint density at radius 1 is 1.69 bits per heavy atom. The number of ether oxygens (including phenoxy) is 1. The molecule has 0 spiro atoms. The molecule has 0 amide bonds. The van der Waals surface area contributed by atoms with E-state index in [1.54, 1.807) is 6.20 Å². The fourth-order valence-corrected chi connectivity index (χ4v) is 1.99. The molecule has 1 atom stereocenters. The summed E-state index contributed by atoms with van der Waals surface area (Å²) in [6.45, 7) is 2.54. The molecule has 0 radical (unpaired) electrons. The van der Waals surface area contributed by atoms with Crippen LogP contribution < -0.4 is 5.73 Å². The number of carbonyl (C=O) groups excluding carboxylic acids is 1. The number of aromatic nitrogens is 2. The first-order valence-corrected chi connectivity index (χ1v) is 5.28. The average Bonchev–Trinajstić information content (AvgIpc) is 2.77. The Bertz CT molecular complexity index is 377. The molecule has 1 aromatic rings. The summed E-state index contributed by atoms with van der Waals surface area (Å²) in [5.41, 5.74) is 5.61. The summed E-state index contributed by atoms with van der Waals surface area (Å²) in [7, 11) is 1.38. The number of fused-ring (bicyclic) bond motifs is 1. The third-order valence-corrected chi connectivity index (χ3v) is 2.91. The van der Waals surface area contributed by atoms with Crippen LogP contribution in [0.15, 0.2) is 12.4 Å². The van der Waals surface area contributed by atoms with E-state index < -0.39 is 0 Å². The van der Waals surface area contributed by atoms with Crippen LogP contribution in [0, 0.1) is 0 Å². The minimum absolute atomic E-state index is 0.271. The molecule has 1 aliphatic rings. The minimum atomic E-state index is -0.365. The summed E-state index contributed by atoms with van der Waals surface area (Å²) in [6.07, 6.45) is 3.72. The van der Waals surface area contributed by atoms with Gasteiger partial charge in [0.2, 0.25) is 0 Å². The zero-order valence-electron chi connectivity index (χ0n) is 9.30. The highest BCUT2D eigenvalue weighted by atomic mass is 16.5. The van der Waals surface area contributed by atoms with Gasteiger partial charge in [-0.15, -0.1) is 0 Å². The van der Waals surface area contributed by atoms with Crippen molar-refractivity contribution in [3.05, 3.63) is 18.2 Å². The molecule has 16 heavy (non-hydrogen) atoms. The Balaban J connectivity index is 2.09. The van der Waals surface area contributed by atoms with Gasteiger partial charge in [-0.1, -0.05) is 0 Å². The van der Waals surface area contributed by atoms with Gasteiger partial charge in [0.25, 0.3) is 0 Å². The van der Waals surface area contributed by atoms with Crippen LogP contribution in [0.3, 0.4) is 0 Å². The van der Waals surface area contributed by atoms with E-state index in [9.17, 15) is 4.79 Å². The van der Waals surface area contributed by atoms with Gasteiger partial charge >= 0.3 is 5.97 Å². The van der Waals surface area contributed by atoms with Crippen molar-refractivity contribution < 1.29 is 9.53 Å². The van der Waals surface area contributed by atoms with Crippen LogP contribution in [0.25, 0.3) is 0 Å². The number of rotatable bonds is 3. The third kappa shape index (κ3) is 1.94. The molecular formula is C10H16N4O2. The Kier molecular flexibility index (Phi) is 3.21. The Morgan fingerprint density at radius 2 is 2.50 bits per heavy atom. The number of methoxy groups -OCH3 is 1. The van der Waals surface area contributed by atoms with Gasteiger partial charge in [-0.2, -0.15) is 0 Å². The summed E-state index contributed by atoms with van der Waals surface area (Å²) in [5, 5.41) is 0. The number of esters is 1. The van der Waals surface area contributed by atoms with Crippen molar-refractivity contribution >= 4 is 5.97 Å². The summed E-state index contributed by atoms with van der Waals surface area (Å²) in [5.74, 6) is 0.691. The molecule has 0 bridgehead atoms. The van der Waals surface area contributed by atoms with Crippen molar-refractivity contribution in [2.45, 2.75) is 19.1 Å². The summed E-state index contributed by atoms with van der Waals surface area (Å²) in [6, 6.07) is -0.365. The minimum Gasteiger partial charge on any atom is -0.468 e. The van der Waals surface area contributed by atoms with Crippen LogP contribution in [-0.2, 0) is 22.6 Å². The predicted octanol–water partition coefficient (Wildman–Crippen LogP) is -0.801. The van der Waals surface area contributed by atoms with Crippen molar-refractivity contribution in [2.75, 3.05) is 20.2 Å². The molecule has 1 aromatic heterocycles. The molecule has 0 saturated heterocycles. The molecule has 1 unspecified atom stereocenters. The van der Waals surface area contributed by atoms with Gasteiger partial charge in [-0.05, 0) is 0 Å². The maximum Gasteiger partial charge on any atom is 0.324 e. The lowest BCUT2D eigenvalue weighted by Crippen LogP contribution is -2.49. The molecule has 2 heterocycles. The van der Waals surface area contributed by atoms with Crippen molar-refractivity contribution in [1.82, 2.24) is 14.5 Å². The molecule has 0 aliphatic carbocycles. The van der Waals surface area contributed by atoms with Gasteiger partial charge in [0.05, 0.1) is 13.7 Å². The molecule has 2 N–H and O–H groups in total. The number of nitrogens with two attached hydrogens (primary N) is 1. The van der Waals surface area contributed by atoms with E-state index in [2.05, 4.69) is 9.55 Å². The Hall–Kier alpha value is -1.40. The summed E-state index contributed by atoms with van der Waals surface area (Å²) < 4.78 is 6.82. The molecule has 88 valence electrons. The van der Waals surface area contributed by atoms with E-state index in [-0.39, 0.29) is 18.6 Å². The molecule has 6 nitrogen and oxygen atoms in total. The standard InChI is InChI=1S/C10H16N4O2/c1-16-10(15)8(6-11)14-5-4-13-3-2-12-9(13)7-14/h2-3,8H,4-7,11H2,1H3. The number of imidazole rings is 1. The predicted molar refractivity (Wildman–Crippen MR) is 57.5 cm³/mol. The Labute approximate surface area is 94.0 Å². The molecule has 0 saturated carbocycles. The zero-order chi connectivity index (χ0) is 11.5. The van der Waals surface area contributed by atoms with Crippen LogP contribution in [0.4, 0.5) is 0 Å². The molecular weight excluding hydrogens is 208 g/mol. The van der Waals surface area contributed by atoms with Crippen LogP contribution in [0.2, 0.25) is 0 Å². The molecule has 6 heteroatoms. The third-order valence-electron chi connectivity index (χ3n) is 2.91. The lowest BCUT2D eigenvalue weighted by molar-refractivity contribution is -0.147. The van der Waals surface area contributed by atoms with Gasteiger partial charge in [-0.3, -0.25) is 9.69 Å². The van der Waals surface area contributed by atoms with E-state index in [1.165, 1.54) is 7.11 Å². The fourth-order valence-electron chi connectivity index (χ4n) is 1.99. The maximum atomic E-state index is 11.5. The molecule has 1 aliphatic heterocycles. The monoisotopic (exact) mass is 224 g/mol. The largest absolute Gasteiger partial charge is 0.468 e. The second kappa shape index (κ2) is 4.63. The maximum absolute atomic E-state index is 11.5. The van der Waals surface area contributed by atoms with Crippen LogP contribution in [0.5, 0.6) is 0 Å². The van der Waals surface area contributed by atoms with Crippen molar-refractivity contribution in [3.63, 3.8) is 0 Å². The van der Waals surface area contributed by atoms with E-state index in [0.29, 0.717) is 6.54 Å². The fraction of sp³-hybridized carbons (Fsp3) is 0.600. The van der Waals surface area contributed by atoms with Gasteiger partial charge in [0.1, 0.15) is 11.9 Å². The van der Waals surface area contributed by atoms with Crippen LogP contribution in [-0.4, -0.2) is 46.7 Å². The van der Waals surface area contributed by atoms with Crippen LogP contribution >= 0.6 is 0 Å². The quantitative estimate of drug-likeness (QED) is 0.680. The van der Waals surface area contributed by atoms with E-state index in [0.717, 1.165) is 18.9 Å². The smallest absolute Gasteiger partial charge is 0.324 e. The lowest BCUT2D eigenvalue weighted by Gasteiger charge is -2.32. The van der Waals surface area contributed by atoms with E-state index >= 15 is 0 Å². The summed E-state index contributed by atoms with van der Waals surface area (Å²) >= 11 is 0. The first-order chi connectivity index (χ1) is 7.76. The number of hydrogen-bond donors (Lipinski definition) is 1. The lowest BCUT2D eigenvalue weighted by atomic mass is 10.2. The van der Waals surface area contributed by atoms with Crippen molar-refractivity contribution in [3.8, 4) is 0 Å². The Morgan fingerprint density at radius 3 is 3.19 bits per heavy atom. The molecule has 0 fully saturated rings. The van der Waals surface area contributed by atoms with Crippen molar-refractivity contribution in [1.29, 1.82) is 0 Å². The number of hydrogen-bond acceptors (Lipinski definition) is 5. The first kappa shape index (κ1) is 11.1.